The summed E-state index contributed by atoms with van der Waals surface area (Å²) in [5.74, 6) is 0.146. The average molecular weight is 356 g/mol. The van der Waals surface area contributed by atoms with Crippen LogP contribution in [0.4, 0.5) is 0 Å². The van der Waals surface area contributed by atoms with Gasteiger partial charge in [-0.15, -0.1) is 0 Å². The maximum absolute atomic E-state index is 12.6. The third kappa shape index (κ3) is 3.09. The largest absolute Gasteiger partial charge is 0.469 e. The summed E-state index contributed by atoms with van der Waals surface area (Å²) >= 11 is 0. The van der Waals surface area contributed by atoms with Crippen molar-refractivity contribution in [2.24, 2.45) is 5.92 Å². The van der Waals surface area contributed by atoms with Crippen molar-refractivity contribution in [3.05, 3.63) is 36.0 Å². The number of carbonyl (C=O) groups is 2. The number of aromatic amines is 1. The van der Waals surface area contributed by atoms with Gasteiger partial charge in [0.1, 0.15) is 6.23 Å². The van der Waals surface area contributed by atoms with Gasteiger partial charge in [0.05, 0.1) is 19.8 Å². The summed E-state index contributed by atoms with van der Waals surface area (Å²) in [4.78, 5) is 29.3. The number of nitrogens with one attached hydrogen (secondary N) is 1. The second-order valence-electron chi connectivity index (χ2n) is 7.16. The molecule has 1 N–H and O–H groups in total. The van der Waals surface area contributed by atoms with E-state index in [-0.39, 0.29) is 30.1 Å². The molecule has 1 amide bonds. The molecular formula is C20H24N2O4. The van der Waals surface area contributed by atoms with Gasteiger partial charge in [0.2, 0.25) is 5.91 Å². The van der Waals surface area contributed by atoms with Gasteiger partial charge in [-0.2, -0.15) is 0 Å². The molecule has 26 heavy (non-hydrogen) atoms. The van der Waals surface area contributed by atoms with Crippen LogP contribution < -0.4 is 0 Å². The number of aromatic nitrogens is 1. The van der Waals surface area contributed by atoms with Crippen LogP contribution in [0.5, 0.6) is 0 Å². The Bertz CT molecular complexity index is 815. The van der Waals surface area contributed by atoms with Crippen LogP contribution in [0.3, 0.4) is 0 Å². The first-order chi connectivity index (χ1) is 12.7. The highest BCUT2D eigenvalue weighted by Gasteiger charge is 2.45. The Kier molecular flexibility index (Phi) is 4.68. The van der Waals surface area contributed by atoms with Gasteiger partial charge in [0.15, 0.2) is 0 Å². The van der Waals surface area contributed by atoms with Crippen molar-refractivity contribution >= 4 is 22.8 Å². The molecule has 2 aliphatic rings. The van der Waals surface area contributed by atoms with Crippen molar-refractivity contribution in [3.63, 3.8) is 0 Å². The van der Waals surface area contributed by atoms with Crippen molar-refractivity contribution in [1.82, 2.24) is 9.88 Å². The van der Waals surface area contributed by atoms with Crippen LogP contribution in [0.25, 0.3) is 10.9 Å². The number of amides is 1. The summed E-state index contributed by atoms with van der Waals surface area (Å²) in [5.41, 5.74) is 2.32. The highest BCUT2D eigenvalue weighted by molar-refractivity contribution is 5.83. The van der Waals surface area contributed by atoms with E-state index >= 15 is 0 Å². The van der Waals surface area contributed by atoms with Gasteiger partial charge in [-0.05, 0) is 30.9 Å². The fourth-order valence-electron chi connectivity index (χ4n) is 4.27. The quantitative estimate of drug-likeness (QED) is 0.836. The van der Waals surface area contributed by atoms with Crippen molar-refractivity contribution in [2.75, 3.05) is 13.7 Å². The smallest absolute Gasteiger partial charge is 0.305 e. The number of nitrogens with zero attached hydrogens (tertiary/aromatic N) is 1. The first kappa shape index (κ1) is 17.1. The number of para-hydroxylation sites is 1. The third-order valence-corrected chi connectivity index (χ3v) is 5.62. The van der Waals surface area contributed by atoms with Gasteiger partial charge >= 0.3 is 5.97 Å². The van der Waals surface area contributed by atoms with E-state index in [4.69, 9.17) is 9.47 Å². The summed E-state index contributed by atoms with van der Waals surface area (Å²) in [7, 11) is 1.41. The Hall–Kier alpha value is -2.34. The van der Waals surface area contributed by atoms with E-state index in [0.717, 1.165) is 18.4 Å². The van der Waals surface area contributed by atoms with Crippen molar-refractivity contribution < 1.29 is 19.1 Å². The molecule has 2 saturated heterocycles. The molecule has 138 valence electrons. The molecule has 2 fully saturated rings. The normalized spacial score (nSPS) is 25.5. The van der Waals surface area contributed by atoms with Crippen LogP contribution in [-0.4, -0.2) is 47.7 Å². The third-order valence-electron chi connectivity index (χ3n) is 5.62. The SMILES string of the molecule is COC(=O)CC[C@@H]1CCC(=O)N2[C@@H](Cc3c[nH]c4ccccc34)CO[C@@H]12. The number of esters is 1. The summed E-state index contributed by atoms with van der Waals surface area (Å²) in [6.45, 7) is 0.546. The lowest BCUT2D eigenvalue weighted by Crippen LogP contribution is -2.49. The highest BCUT2D eigenvalue weighted by atomic mass is 16.5. The van der Waals surface area contributed by atoms with Crippen molar-refractivity contribution in [2.45, 2.75) is 44.4 Å². The molecule has 0 unspecified atom stereocenters. The monoisotopic (exact) mass is 356 g/mol. The maximum atomic E-state index is 12.6. The number of fused-ring (bicyclic) bond motifs is 2. The van der Waals surface area contributed by atoms with Crippen LogP contribution in [-0.2, 0) is 25.5 Å². The molecule has 4 rings (SSSR count). The Labute approximate surface area is 152 Å². The highest BCUT2D eigenvalue weighted by Crippen LogP contribution is 2.36. The molecule has 6 heteroatoms. The lowest BCUT2D eigenvalue weighted by Gasteiger charge is -2.37. The fourth-order valence-corrected chi connectivity index (χ4v) is 4.27. The van der Waals surface area contributed by atoms with Crippen LogP contribution in [0.2, 0.25) is 0 Å². The number of carbonyl (C=O) groups excluding carboxylic acids is 2. The zero-order chi connectivity index (χ0) is 18.1. The minimum Gasteiger partial charge on any atom is -0.469 e. The standard InChI is InChI=1S/C20H24N2O4/c1-25-19(24)9-7-13-6-8-18(23)22-15(12-26-20(13)22)10-14-11-21-17-5-3-2-4-16(14)17/h2-5,11,13,15,20-21H,6-10,12H2,1H3/t13-,15-,20-/m0/s1. The summed E-state index contributed by atoms with van der Waals surface area (Å²) in [5, 5.41) is 1.20. The topological polar surface area (TPSA) is 71.6 Å². The summed E-state index contributed by atoms with van der Waals surface area (Å²) < 4.78 is 10.8. The molecule has 3 atom stereocenters. The van der Waals surface area contributed by atoms with Crippen LogP contribution in [0, 0.1) is 5.92 Å². The number of methoxy groups -OCH3 is 1. The Balaban J connectivity index is 1.49. The molecule has 0 radical (unpaired) electrons. The van der Waals surface area contributed by atoms with E-state index in [2.05, 4.69) is 17.1 Å². The van der Waals surface area contributed by atoms with Gasteiger partial charge in [-0.3, -0.25) is 9.59 Å². The zero-order valence-corrected chi connectivity index (χ0v) is 14.9. The lowest BCUT2D eigenvalue weighted by molar-refractivity contribution is -0.148. The van der Waals surface area contributed by atoms with E-state index in [0.29, 0.717) is 25.9 Å². The van der Waals surface area contributed by atoms with Gasteiger partial charge in [0.25, 0.3) is 0 Å². The van der Waals surface area contributed by atoms with E-state index in [1.165, 1.54) is 18.1 Å². The van der Waals surface area contributed by atoms with Crippen LogP contribution in [0.1, 0.15) is 31.2 Å². The van der Waals surface area contributed by atoms with E-state index in [1.54, 1.807) is 0 Å². The van der Waals surface area contributed by atoms with Crippen LogP contribution in [0.15, 0.2) is 30.5 Å². The minimum atomic E-state index is -0.212. The molecule has 0 saturated carbocycles. The Morgan fingerprint density at radius 3 is 3.08 bits per heavy atom. The predicted molar refractivity (Wildman–Crippen MR) is 96.4 cm³/mol. The summed E-state index contributed by atoms with van der Waals surface area (Å²) in [6.07, 6.45) is 4.96. The molecular weight excluding hydrogens is 332 g/mol. The van der Waals surface area contributed by atoms with Gasteiger partial charge in [0, 0.05) is 35.9 Å². The number of rotatable bonds is 5. The average Bonchev–Trinajstić information content (AvgIpc) is 3.27. The number of hydrogen-bond acceptors (Lipinski definition) is 4. The zero-order valence-electron chi connectivity index (χ0n) is 14.9. The molecule has 2 aliphatic heterocycles. The Morgan fingerprint density at radius 1 is 1.38 bits per heavy atom. The van der Waals surface area contributed by atoms with E-state index in [9.17, 15) is 9.59 Å². The first-order valence-corrected chi connectivity index (χ1v) is 9.22. The number of ether oxygens (including phenoxy) is 2. The van der Waals surface area contributed by atoms with Gasteiger partial charge < -0.3 is 19.4 Å². The second-order valence-corrected chi connectivity index (χ2v) is 7.16. The van der Waals surface area contributed by atoms with Crippen molar-refractivity contribution in [3.8, 4) is 0 Å². The van der Waals surface area contributed by atoms with Gasteiger partial charge in [-0.1, -0.05) is 18.2 Å². The molecule has 3 heterocycles. The molecule has 0 bridgehead atoms. The first-order valence-electron chi connectivity index (χ1n) is 9.22. The number of piperidine rings is 1. The minimum absolute atomic E-state index is 0.0487. The number of H-pyrrole nitrogens is 1. The molecule has 0 spiro atoms. The van der Waals surface area contributed by atoms with Crippen LogP contribution >= 0.6 is 0 Å². The summed E-state index contributed by atoms with van der Waals surface area (Å²) in [6, 6.07) is 8.25. The predicted octanol–water partition coefficient (Wildman–Crippen LogP) is 2.63. The molecule has 1 aromatic carbocycles. The lowest BCUT2D eigenvalue weighted by atomic mass is 9.90. The maximum Gasteiger partial charge on any atom is 0.305 e. The van der Waals surface area contributed by atoms with E-state index < -0.39 is 0 Å². The second kappa shape index (κ2) is 7.11. The number of hydrogen-bond donors (Lipinski definition) is 1. The Morgan fingerprint density at radius 2 is 2.23 bits per heavy atom. The molecule has 1 aromatic heterocycles. The van der Waals surface area contributed by atoms with E-state index in [1.807, 2.05) is 23.2 Å². The molecule has 2 aromatic rings. The molecule has 6 nitrogen and oxygen atoms in total. The molecule has 0 aliphatic carbocycles. The fraction of sp³-hybridized carbons (Fsp3) is 0.500. The van der Waals surface area contributed by atoms with Gasteiger partial charge in [-0.25, -0.2) is 0 Å². The van der Waals surface area contributed by atoms with Crippen molar-refractivity contribution in [1.29, 1.82) is 0 Å². The number of benzene rings is 1.